The van der Waals surface area contributed by atoms with Gasteiger partial charge in [0.05, 0.1) is 0 Å². The van der Waals surface area contributed by atoms with Gasteiger partial charge in [0.25, 0.3) is 0 Å². The Labute approximate surface area is 122 Å². The summed E-state index contributed by atoms with van der Waals surface area (Å²) in [6.07, 6.45) is 1.63. The number of rotatable bonds is 5. The van der Waals surface area contributed by atoms with Gasteiger partial charge in [-0.3, -0.25) is 4.90 Å². The number of carbonyl (C=O) groups excluding carboxylic acids is 1. The van der Waals surface area contributed by atoms with Gasteiger partial charge in [-0.25, -0.2) is 4.79 Å². The zero-order valence-electron chi connectivity index (χ0n) is 13.1. The highest BCUT2D eigenvalue weighted by atomic mass is 16.6. The van der Waals surface area contributed by atoms with Gasteiger partial charge in [0, 0.05) is 38.4 Å². The van der Waals surface area contributed by atoms with Gasteiger partial charge in [-0.1, -0.05) is 0 Å². The molecule has 1 unspecified atom stereocenters. The van der Waals surface area contributed by atoms with Crippen LogP contribution >= 0.6 is 0 Å². The molecule has 0 aromatic heterocycles. The molecule has 1 rings (SSSR count). The summed E-state index contributed by atoms with van der Waals surface area (Å²) < 4.78 is 10.6. The van der Waals surface area contributed by atoms with E-state index in [9.17, 15) is 4.79 Å². The van der Waals surface area contributed by atoms with Crippen LogP contribution in [0.3, 0.4) is 0 Å². The zero-order valence-corrected chi connectivity index (χ0v) is 13.1. The predicted octanol–water partition coefficient (Wildman–Crippen LogP) is 0.949. The summed E-state index contributed by atoms with van der Waals surface area (Å²) in [6.45, 7) is 8.14. The molecule has 1 atom stereocenters. The topological polar surface area (TPSA) is 76.8 Å². The average Bonchev–Trinajstić information content (AvgIpc) is 2.38. The Kier molecular flexibility index (Phi) is 6.71. The van der Waals surface area contributed by atoms with Crippen LogP contribution in [0.2, 0.25) is 0 Å². The summed E-state index contributed by atoms with van der Waals surface area (Å²) in [5.41, 5.74) is 5.35. The molecule has 6 heteroatoms. The maximum absolute atomic E-state index is 11.7. The van der Waals surface area contributed by atoms with E-state index in [1.54, 1.807) is 0 Å². The molecule has 0 aromatic carbocycles. The van der Waals surface area contributed by atoms with Crippen molar-refractivity contribution in [1.82, 2.24) is 10.2 Å². The normalized spacial score (nSPS) is 18.9. The fourth-order valence-electron chi connectivity index (χ4n) is 2.30. The molecule has 0 saturated carbocycles. The van der Waals surface area contributed by atoms with Crippen LogP contribution in [0.25, 0.3) is 0 Å². The predicted molar refractivity (Wildman–Crippen MR) is 78.7 cm³/mol. The number of amides is 1. The maximum atomic E-state index is 11.7. The van der Waals surface area contributed by atoms with Crippen LogP contribution in [0.5, 0.6) is 0 Å². The van der Waals surface area contributed by atoms with Crippen molar-refractivity contribution >= 4 is 6.09 Å². The first kappa shape index (κ1) is 17.2. The SMILES string of the molecule is CN(C1CCOCC1)C(CN)CNC(=O)OC(C)(C)C. The zero-order chi connectivity index (χ0) is 15.2. The van der Waals surface area contributed by atoms with Crippen molar-refractivity contribution in [2.75, 3.05) is 33.4 Å². The summed E-state index contributed by atoms with van der Waals surface area (Å²) in [7, 11) is 2.06. The van der Waals surface area contributed by atoms with Crippen molar-refractivity contribution in [3.63, 3.8) is 0 Å². The van der Waals surface area contributed by atoms with Crippen molar-refractivity contribution < 1.29 is 14.3 Å². The molecule has 1 heterocycles. The minimum Gasteiger partial charge on any atom is -0.444 e. The van der Waals surface area contributed by atoms with Gasteiger partial charge >= 0.3 is 6.09 Å². The second-order valence-electron chi connectivity index (χ2n) is 6.28. The standard InChI is InChI=1S/C14H29N3O3/c1-14(2,3)20-13(18)16-10-12(9-15)17(4)11-5-7-19-8-6-11/h11-12H,5-10,15H2,1-4H3,(H,16,18). The molecule has 0 radical (unpaired) electrons. The third-order valence-corrected chi connectivity index (χ3v) is 3.50. The van der Waals surface area contributed by atoms with Crippen molar-refractivity contribution in [3.8, 4) is 0 Å². The molecule has 0 aromatic rings. The van der Waals surface area contributed by atoms with Crippen LogP contribution in [-0.2, 0) is 9.47 Å². The monoisotopic (exact) mass is 287 g/mol. The van der Waals surface area contributed by atoms with Crippen LogP contribution < -0.4 is 11.1 Å². The quantitative estimate of drug-likeness (QED) is 0.787. The highest BCUT2D eigenvalue weighted by Crippen LogP contribution is 2.15. The molecular weight excluding hydrogens is 258 g/mol. The van der Waals surface area contributed by atoms with Crippen LogP contribution in [0.15, 0.2) is 0 Å². The summed E-state index contributed by atoms with van der Waals surface area (Å²) in [4.78, 5) is 13.9. The van der Waals surface area contributed by atoms with E-state index in [2.05, 4.69) is 17.3 Å². The lowest BCUT2D eigenvalue weighted by molar-refractivity contribution is 0.0268. The third kappa shape index (κ3) is 6.07. The Morgan fingerprint density at radius 3 is 2.55 bits per heavy atom. The summed E-state index contributed by atoms with van der Waals surface area (Å²) in [6, 6.07) is 0.586. The van der Waals surface area contributed by atoms with Crippen molar-refractivity contribution in [2.45, 2.75) is 51.3 Å². The number of nitrogens with two attached hydrogens (primary N) is 1. The molecule has 1 amide bonds. The molecule has 20 heavy (non-hydrogen) atoms. The number of likely N-dealkylation sites (N-methyl/N-ethyl adjacent to an activating group) is 1. The van der Waals surface area contributed by atoms with Gasteiger partial charge in [0.1, 0.15) is 5.60 Å². The van der Waals surface area contributed by atoms with E-state index in [1.807, 2.05) is 20.8 Å². The smallest absolute Gasteiger partial charge is 0.407 e. The fraction of sp³-hybridized carbons (Fsp3) is 0.929. The molecule has 3 N–H and O–H groups in total. The van der Waals surface area contributed by atoms with Crippen molar-refractivity contribution in [3.05, 3.63) is 0 Å². The van der Waals surface area contributed by atoms with Crippen LogP contribution in [0.1, 0.15) is 33.6 Å². The number of ether oxygens (including phenoxy) is 2. The van der Waals surface area contributed by atoms with Crippen molar-refractivity contribution in [1.29, 1.82) is 0 Å². The first-order valence-corrected chi connectivity index (χ1v) is 7.30. The Hall–Kier alpha value is -0.850. The molecule has 1 saturated heterocycles. The first-order valence-electron chi connectivity index (χ1n) is 7.30. The molecule has 118 valence electrons. The number of nitrogens with zero attached hydrogens (tertiary/aromatic N) is 1. The van der Waals surface area contributed by atoms with E-state index < -0.39 is 11.7 Å². The van der Waals surface area contributed by atoms with E-state index in [0.29, 0.717) is 19.1 Å². The number of carbonyl (C=O) groups is 1. The Bertz CT molecular complexity index is 299. The Balaban J connectivity index is 2.39. The molecule has 1 fully saturated rings. The lowest BCUT2D eigenvalue weighted by Gasteiger charge is -2.36. The number of nitrogens with one attached hydrogen (secondary N) is 1. The highest BCUT2D eigenvalue weighted by Gasteiger charge is 2.25. The largest absolute Gasteiger partial charge is 0.444 e. The van der Waals surface area contributed by atoms with Gasteiger partial charge in [-0.15, -0.1) is 0 Å². The maximum Gasteiger partial charge on any atom is 0.407 e. The molecule has 6 nitrogen and oxygen atoms in total. The molecule has 0 bridgehead atoms. The Morgan fingerprint density at radius 1 is 1.45 bits per heavy atom. The number of hydrogen-bond donors (Lipinski definition) is 2. The minimum absolute atomic E-state index is 0.116. The van der Waals surface area contributed by atoms with Gasteiger partial charge in [-0.05, 0) is 40.7 Å². The summed E-state index contributed by atoms with van der Waals surface area (Å²) in [5, 5.41) is 2.80. The highest BCUT2D eigenvalue weighted by molar-refractivity contribution is 5.67. The van der Waals surface area contributed by atoms with Gasteiger partial charge in [-0.2, -0.15) is 0 Å². The van der Waals surface area contributed by atoms with Gasteiger partial charge in [0.15, 0.2) is 0 Å². The summed E-state index contributed by atoms with van der Waals surface area (Å²) in [5.74, 6) is 0. The number of hydrogen-bond acceptors (Lipinski definition) is 5. The molecule has 0 aliphatic carbocycles. The van der Waals surface area contributed by atoms with E-state index in [1.165, 1.54) is 0 Å². The van der Waals surface area contributed by atoms with E-state index in [-0.39, 0.29) is 6.04 Å². The van der Waals surface area contributed by atoms with Crippen LogP contribution in [-0.4, -0.2) is 62.0 Å². The first-order chi connectivity index (χ1) is 9.33. The molecule has 1 aliphatic rings. The van der Waals surface area contributed by atoms with E-state index >= 15 is 0 Å². The lowest BCUT2D eigenvalue weighted by Crippen LogP contribution is -2.52. The second kappa shape index (κ2) is 7.81. The molecular formula is C14H29N3O3. The van der Waals surface area contributed by atoms with E-state index in [4.69, 9.17) is 15.2 Å². The summed E-state index contributed by atoms with van der Waals surface area (Å²) >= 11 is 0. The average molecular weight is 287 g/mol. The third-order valence-electron chi connectivity index (χ3n) is 3.50. The van der Waals surface area contributed by atoms with Crippen LogP contribution in [0, 0.1) is 0 Å². The Morgan fingerprint density at radius 2 is 2.05 bits per heavy atom. The van der Waals surface area contributed by atoms with Crippen molar-refractivity contribution in [2.24, 2.45) is 5.73 Å². The van der Waals surface area contributed by atoms with Crippen LogP contribution in [0.4, 0.5) is 4.79 Å². The minimum atomic E-state index is -0.477. The van der Waals surface area contributed by atoms with Gasteiger partial charge in [0.2, 0.25) is 0 Å². The second-order valence-corrected chi connectivity index (χ2v) is 6.28. The molecule has 0 spiro atoms. The van der Waals surface area contributed by atoms with Gasteiger partial charge < -0.3 is 20.5 Å². The lowest BCUT2D eigenvalue weighted by atomic mass is 10.1. The fourth-order valence-corrected chi connectivity index (χ4v) is 2.30. The molecule has 1 aliphatic heterocycles. The van der Waals surface area contributed by atoms with E-state index in [0.717, 1.165) is 26.1 Å². The number of alkyl carbamates (subject to hydrolysis) is 1.